The summed E-state index contributed by atoms with van der Waals surface area (Å²) in [5, 5.41) is 12.6. The molecule has 3 saturated heterocycles. The zero-order chi connectivity index (χ0) is 19.8. The Labute approximate surface area is 164 Å². The van der Waals surface area contributed by atoms with Gasteiger partial charge in [0.1, 0.15) is 5.82 Å². The number of halogens is 1. The maximum absolute atomic E-state index is 13.4. The van der Waals surface area contributed by atoms with E-state index in [-0.39, 0.29) is 29.8 Å². The average molecular weight is 389 g/mol. The number of nitrogens with one attached hydrogen (secondary N) is 1. The van der Waals surface area contributed by atoms with Crippen LogP contribution < -0.4 is 5.32 Å². The van der Waals surface area contributed by atoms with Crippen LogP contribution in [0.15, 0.2) is 18.2 Å². The number of rotatable bonds is 3. The number of hydrogen-bond donors (Lipinski definition) is 2. The number of likely N-dealkylation sites (tertiary alicyclic amines) is 1. The molecular formula is C21H28FN3O3. The van der Waals surface area contributed by atoms with Gasteiger partial charge >= 0.3 is 6.09 Å². The second-order valence-corrected chi connectivity index (χ2v) is 8.47. The Balaban J connectivity index is 1.36. The third kappa shape index (κ3) is 3.72. The molecule has 2 N–H and O–H groups in total. The Morgan fingerprint density at radius 1 is 1.14 bits per heavy atom. The largest absolute Gasteiger partial charge is 0.465 e. The molecule has 3 atom stereocenters. The maximum atomic E-state index is 13.4. The summed E-state index contributed by atoms with van der Waals surface area (Å²) in [6, 6.07) is 5.19. The summed E-state index contributed by atoms with van der Waals surface area (Å²) in [7, 11) is 0. The Morgan fingerprint density at radius 3 is 2.50 bits per heavy atom. The van der Waals surface area contributed by atoms with E-state index in [0.717, 1.165) is 51.6 Å². The molecule has 2 amide bonds. The Kier molecular flexibility index (Phi) is 5.27. The lowest BCUT2D eigenvalue weighted by Crippen LogP contribution is -2.56. The minimum Gasteiger partial charge on any atom is -0.465 e. The first-order valence-electron chi connectivity index (χ1n) is 10.2. The molecule has 1 aromatic rings. The van der Waals surface area contributed by atoms with Crippen molar-refractivity contribution in [3.8, 4) is 0 Å². The van der Waals surface area contributed by atoms with Crippen LogP contribution in [0.25, 0.3) is 0 Å². The quantitative estimate of drug-likeness (QED) is 0.834. The zero-order valence-electron chi connectivity index (χ0n) is 16.2. The van der Waals surface area contributed by atoms with Crippen LogP contribution in [0.4, 0.5) is 9.18 Å². The molecule has 6 nitrogen and oxygen atoms in total. The smallest absolute Gasteiger partial charge is 0.407 e. The summed E-state index contributed by atoms with van der Waals surface area (Å²) < 4.78 is 13.4. The van der Waals surface area contributed by atoms with Gasteiger partial charge < -0.3 is 15.3 Å². The van der Waals surface area contributed by atoms with Crippen molar-refractivity contribution >= 4 is 12.0 Å². The van der Waals surface area contributed by atoms with E-state index in [0.29, 0.717) is 17.2 Å². The van der Waals surface area contributed by atoms with Crippen molar-refractivity contribution in [2.75, 3.05) is 13.1 Å². The summed E-state index contributed by atoms with van der Waals surface area (Å²) in [6.45, 7) is 3.45. The number of nitrogens with zero attached hydrogens (tertiary/aromatic N) is 2. The molecule has 1 aromatic carbocycles. The molecule has 4 rings (SSSR count). The monoisotopic (exact) mass is 389 g/mol. The lowest BCUT2D eigenvalue weighted by molar-refractivity contribution is 0.0419. The highest BCUT2D eigenvalue weighted by atomic mass is 19.1. The molecule has 152 valence electrons. The lowest BCUT2D eigenvalue weighted by atomic mass is 9.93. The number of carboxylic acid groups (broad SMARTS) is 1. The standard InChI is InChI=1S/C21H28FN3O3/c1-13-9-14(4-7-19(13)22)20(26)23-15-3-2-8-24(12-15)18-10-16-5-6-17(11-18)25(16)21(27)28/h4,7,9,15-18H,2-3,5-6,8,10-12H2,1H3,(H,23,26)(H,27,28). The normalized spacial score (nSPS) is 30.3. The average Bonchev–Trinajstić information content (AvgIpc) is 2.94. The third-order valence-electron chi connectivity index (χ3n) is 6.65. The predicted octanol–water partition coefficient (Wildman–Crippen LogP) is 3.00. The fraction of sp³-hybridized carbons (Fsp3) is 0.619. The molecule has 3 aliphatic rings. The molecule has 7 heteroatoms. The number of carbonyl (C=O) groups is 2. The first-order valence-corrected chi connectivity index (χ1v) is 10.2. The molecule has 3 aliphatic heterocycles. The molecule has 0 saturated carbocycles. The second kappa shape index (κ2) is 7.70. The van der Waals surface area contributed by atoms with E-state index in [9.17, 15) is 19.1 Å². The van der Waals surface area contributed by atoms with Crippen molar-refractivity contribution in [3.63, 3.8) is 0 Å². The molecule has 3 unspecified atom stereocenters. The first-order chi connectivity index (χ1) is 13.4. The number of amides is 2. The fourth-order valence-corrected chi connectivity index (χ4v) is 5.27. The van der Waals surface area contributed by atoms with E-state index in [4.69, 9.17) is 0 Å². The van der Waals surface area contributed by atoms with Crippen LogP contribution >= 0.6 is 0 Å². The number of carbonyl (C=O) groups excluding carboxylic acids is 1. The van der Waals surface area contributed by atoms with Gasteiger partial charge in [-0.3, -0.25) is 9.69 Å². The summed E-state index contributed by atoms with van der Waals surface area (Å²) in [4.78, 5) is 28.2. The van der Waals surface area contributed by atoms with E-state index in [1.54, 1.807) is 17.9 Å². The number of aryl methyl sites for hydroxylation is 1. The van der Waals surface area contributed by atoms with Gasteiger partial charge in [-0.1, -0.05) is 0 Å². The van der Waals surface area contributed by atoms with E-state index in [2.05, 4.69) is 10.2 Å². The van der Waals surface area contributed by atoms with E-state index >= 15 is 0 Å². The fourth-order valence-electron chi connectivity index (χ4n) is 5.27. The maximum Gasteiger partial charge on any atom is 0.407 e. The highest BCUT2D eigenvalue weighted by molar-refractivity contribution is 5.94. The number of piperidine rings is 2. The second-order valence-electron chi connectivity index (χ2n) is 8.47. The summed E-state index contributed by atoms with van der Waals surface area (Å²) in [5.74, 6) is -0.460. The molecule has 3 fully saturated rings. The van der Waals surface area contributed by atoms with Crippen LogP contribution in [-0.4, -0.2) is 64.2 Å². The summed E-state index contributed by atoms with van der Waals surface area (Å²) >= 11 is 0. The van der Waals surface area contributed by atoms with Crippen molar-refractivity contribution in [1.29, 1.82) is 0 Å². The van der Waals surface area contributed by atoms with Gasteiger partial charge in [0.2, 0.25) is 0 Å². The highest BCUT2D eigenvalue weighted by Gasteiger charge is 2.45. The molecule has 28 heavy (non-hydrogen) atoms. The Bertz CT molecular complexity index is 757. The molecule has 0 radical (unpaired) electrons. The van der Waals surface area contributed by atoms with Crippen molar-refractivity contribution in [2.24, 2.45) is 0 Å². The Morgan fingerprint density at radius 2 is 1.86 bits per heavy atom. The molecule has 2 bridgehead atoms. The zero-order valence-corrected chi connectivity index (χ0v) is 16.2. The van der Waals surface area contributed by atoms with Crippen LogP contribution in [0.1, 0.15) is 54.4 Å². The van der Waals surface area contributed by atoms with Crippen LogP contribution in [0.5, 0.6) is 0 Å². The SMILES string of the molecule is Cc1cc(C(=O)NC2CCCN(C3CC4CCC(C3)N4C(=O)O)C2)ccc1F. The van der Waals surface area contributed by atoms with E-state index < -0.39 is 6.09 Å². The van der Waals surface area contributed by atoms with Crippen molar-refractivity contribution in [1.82, 2.24) is 15.1 Å². The third-order valence-corrected chi connectivity index (χ3v) is 6.65. The van der Waals surface area contributed by atoms with E-state index in [1.807, 2.05) is 0 Å². The van der Waals surface area contributed by atoms with Gasteiger partial charge in [0.25, 0.3) is 5.91 Å². The topological polar surface area (TPSA) is 72.9 Å². The van der Waals surface area contributed by atoms with Gasteiger partial charge in [-0.05, 0) is 75.8 Å². The van der Waals surface area contributed by atoms with Crippen molar-refractivity contribution in [2.45, 2.75) is 69.6 Å². The van der Waals surface area contributed by atoms with Gasteiger partial charge in [0.05, 0.1) is 0 Å². The number of fused-ring (bicyclic) bond motifs is 2. The molecule has 3 heterocycles. The Hall–Kier alpha value is -2.15. The first kappa shape index (κ1) is 19.2. The van der Waals surface area contributed by atoms with E-state index in [1.165, 1.54) is 12.1 Å². The molecule has 0 aromatic heterocycles. The van der Waals surface area contributed by atoms with Crippen molar-refractivity contribution < 1.29 is 19.1 Å². The highest BCUT2D eigenvalue weighted by Crippen LogP contribution is 2.38. The van der Waals surface area contributed by atoms with Gasteiger partial charge in [-0.25, -0.2) is 9.18 Å². The van der Waals surface area contributed by atoms with Crippen LogP contribution in [0, 0.1) is 12.7 Å². The number of hydrogen-bond acceptors (Lipinski definition) is 3. The lowest BCUT2D eigenvalue weighted by Gasteiger charge is -2.45. The van der Waals surface area contributed by atoms with Crippen LogP contribution in [0.2, 0.25) is 0 Å². The summed E-state index contributed by atoms with van der Waals surface area (Å²) in [6.07, 6.45) is 4.87. The van der Waals surface area contributed by atoms with Gasteiger partial charge in [-0.15, -0.1) is 0 Å². The van der Waals surface area contributed by atoms with Crippen LogP contribution in [-0.2, 0) is 0 Å². The minimum atomic E-state index is -0.788. The summed E-state index contributed by atoms with van der Waals surface area (Å²) in [5.41, 5.74) is 0.961. The predicted molar refractivity (Wildman–Crippen MR) is 103 cm³/mol. The van der Waals surface area contributed by atoms with Gasteiger partial charge in [0.15, 0.2) is 0 Å². The van der Waals surface area contributed by atoms with Crippen LogP contribution in [0.3, 0.4) is 0 Å². The van der Waals surface area contributed by atoms with Gasteiger partial charge in [-0.2, -0.15) is 0 Å². The van der Waals surface area contributed by atoms with Crippen molar-refractivity contribution in [3.05, 3.63) is 35.1 Å². The molecule has 0 spiro atoms. The van der Waals surface area contributed by atoms with Gasteiger partial charge in [0, 0.05) is 36.3 Å². The molecule has 0 aliphatic carbocycles. The minimum absolute atomic E-state index is 0.0711. The molecular weight excluding hydrogens is 361 g/mol. The number of benzene rings is 1.